The van der Waals surface area contributed by atoms with Crippen LogP contribution in [-0.4, -0.2) is 13.1 Å². The van der Waals surface area contributed by atoms with Crippen LogP contribution in [-0.2, 0) is 0 Å². The fourth-order valence-corrected chi connectivity index (χ4v) is 2.67. The molecule has 1 heterocycles. The maximum atomic E-state index is 5.89. The molecule has 1 unspecified atom stereocenters. The summed E-state index contributed by atoms with van der Waals surface area (Å²) in [5.74, 6) is 0. The van der Waals surface area contributed by atoms with Crippen LogP contribution in [0.3, 0.4) is 0 Å². The summed E-state index contributed by atoms with van der Waals surface area (Å²) in [5, 5.41) is 0. The summed E-state index contributed by atoms with van der Waals surface area (Å²) in [5.41, 5.74) is 8.95. The van der Waals surface area contributed by atoms with Crippen molar-refractivity contribution in [2.75, 3.05) is 18.0 Å². The molecule has 1 atom stereocenters. The van der Waals surface area contributed by atoms with Gasteiger partial charge in [-0.3, -0.25) is 0 Å². The molecule has 0 bridgehead atoms. The van der Waals surface area contributed by atoms with E-state index in [9.17, 15) is 0 Å². The zero-order valence-corrected chi connectivity index (χ0v) is 11.9. The summed E-state index contributed by atoms with van der Waals surface area (Å²) in [6, 6.07) is 8.89. The third kappa shape index (κ3) is 3.26. The minimum absolute atomic E-state index is 0.127. The molecule has 0 saturated carbocycles. The first-order chi connectivity index (χ1) is 8.48. The lowest BCUT2D eigenvalue weighted by molar-refractivity contribution is 0.325. The van der Waals surface area contributed by atoms with E-state index in [1.165, 1.54) is 43.6 Å². The summed E-state index contributed by atoms with van der Waals surface area (Å²) >= 11 is 0. The summed E-state index contributed by atoms with van der Waals surface area (Å²) in [6.45, 7) is 9.15. The van der Waals surface area contributed by atoms with Gasteiger partial charge < -0.3 is 10.6 Å². The van der Waals surface area contributed by atoms with E-state index in [1.807, 2.05) is 6.92 Å². The molecule has 2 N–H and O–H groups in total. The fraction of sp³-hybridized carbons (Fsp3) is 0.625. The van der Waals surface area contributed by atoms with Crippen molar-refractivity contribution in [1.82, 2.24) is 0 Å². The van der Waals surface area contributed by atoms with Crippen LogP contribution < -0.4 is 10.6 Å². The highest BCUT2D eigenvalue weighted by Crippen LogP contribution is 2.31. The van der Waals surface area contributed by atoms with Crippen molar-refractivity contribution in [3.8, 4) is 0 Å². The van der Waals surface area contributed by atoms with Crippen molar-refractivity contribution in [1.29, 1.82) is 0 Å². The number of nitrogens with two attached hydrogens (primary N) is 1. The molecule has 0 amide bonds. The molecule has 1 aliphatic heterocycles. The van der Waals surface area contributed by atoms with E-state index in [0.29, 0.717) is 5.41 Å². The molecule has 1 aromatic rings. The van der Waals surface area contributed by atoms with Crippen molar-refractivity contribution in [3.63, 3.8) is 0 Å². The molecule has 0 aliphatic carbocycles. The lowest BCUT2D eigenvalue weighted by atomic mass is 9.85. The smallest absolute Gasteiger partial charge is 0.0366 e. The SMILES string of the molecule is CC(N)c1ccc(N2CCCC(C)(C)CC2)cc1. The standard InChI is InChI=1S/C16H26N2/c1-13(17)14-5-7-15(8-6-14)18-11-4-9-16(2,3)10-12-18/h5-8,13H,4,9-12,17H2,1-3H3. The first-order valence-corrected chi connectivity index (χ1v) is 7.08. The Kier molecular flexibility index (Phi) is 3.96. The first-order valence-electron chi connectivity index (χ1n) is 7.08. The van der Waals surface area contributed by atoms with Gasteiger partial charge in [0.25, 0.3) is 0 Å². The molecular formula is C16H26N2. The van der Waals surface area contributed by atoms with E-state index in [-0.39, 0.29) is 6.04 Å². The van der Waals surface area contributed by atoms with E-state index >= 15 is 0 Å². The number of hydrogen-bond donors (Lipinski definition) is 1. The van der Waals surface area contributed by atoms with Gasteiger partial charge in [0, 0.05) is 24.8 Å². The second-order valence-electron chi connectivity index (χ2n) is 6.39. The molecule has 0 aromatic heterocycles. The highest BCUT2D eigenvalue weighted by atomic mass is 15.1. The van der Waals surface area contributed by atoms with E-state index in [4.69, 9.17) is 5.73 Å². The van der Waals surface area contributed by atoms with Crippen molar-refractivity contribution in [2.45, 2.75) is 46.1 Å². The Morgan fingerprint density at radius 2 is 1.78 bits per heavy atom. The summed E-state index contributed by atoms with van der Waals surface area (Å²) < 4.78 is 0. The Hall–Kier alpha value is -1.02. The first kappa shape index (κ1) is 13.4. The molecule has 1 aliphatic rings. The second-order valence-corrected chi connectivity index (χ2v) is 6.39. The van der Waals surface area contributed by atoms with Gasteiger partial charge in [0.15, 0.2) is 0 Å². The monoisotopic (exact) mass is 246 g/mol. The predicted molar refractivity (Wildman–Crippen MR) is 78.9 cm³/mol. The topological polar surface area (TPSA) is 29.3 Å². The third-order valence-electron chi connectivity index (χ3n) is 4.12. The van der Waals surface area contributed by atoms with Gasteiger partial charge in [-0.2, -0.15) is 0 Å². The van der Waals surface area contributed by atoms with Crippen LogP contribution in [0.15, 0.2) is 24.3 Å². The Labute approximate surface area is 111 Å². The molecule has 0 spiro atoms. The largest absolute Gasteiger partial charge is 0.372 e. The van der Waals surface area contributed by atoms with E-state index in [0.717, 1.165) is 0 Å². The lowest BCUT2D eigenvalue weighted by Gasteiger charge is -2.25. The number of nitrogens with zero attached hydrogens (tertiary/aromatic N) is 1. The van der Waals surface area contributed by atoms with Gasteiger partial charge in [0.05, 0.1) is 0 Å². The normalized spacial score (nSPS) is 21.4. The highest BCUT2D eigenvalue weighted by Gasteiger charge is 2.23. The van der Waals surface area contributed by atoms with E-state index in [2.05, 4.69) is 43.0 Å². The molecule has 2 nitrogen and oxygen atoms in total. The van der Waals surface area contributed by atoms with Gasteiger partial charge in [-0.1, -0.05) is 26.0 Å². The molecule has 0 radical (unpaired) electrons. The van der Waals surface area contributed by atoms with E-state index in [1.54, 1.807) is 0 Å². The maximum absolute atomic E-state index is 5.89. The Morgan fingerprint density at radius 1 is 1.11 bits per heavy atom. The summed E-state index contributed by atoms with van der Waals surface area (Å²) in [7, 11) is 0. The van der Waals surface area contributed by atoms with Gasteiger partial charge >= 0.3 is 0 Å². The van der Waals surface area contributed by atoms with E-state index < -0.39 is 0 Å². The van der Waals surface area contributed by atoms with Gasteiger partial charge in [-0.15, -0.1) is 0 Å². The maximum Gasteiger partial charge on any atom is 0.0366 e. The molecule has 100 valence electrons. The van der Waals surface area contributed by atoms with Crippen LogP contribution in [0.25, 0.3) is 0 Å². The number of rotatable bonds is 2. The highest BCUT2D eigenvalue weighted by molar-refractivity contribution is 5.48. The third-order valence-corrected chi connectivity index (χ3v) is 4.12. The number of anilines is 1. The van der Waals surface area contributed by atoms with Crippen molar-refractivity contribution in [3.05, 3.63) is 29.8 Å². The predicted octanol–water partition coefficient (Wildman–Crippen LogP) is 3.72. The van der Waals surface area contributed by atoms with Gasteiger partial charge in [0.1, 0.15) is 0 Å². The van der Waals surface area contributed by atoms with Crippen LogP contribution in [0.4, 0.5) is 5.69 Å². The molecular weight excluding hydrogens is 220 g/mol. The van der Waals surface area contributed by atoms with Crippen LogP contribution in [0.5, 0.6) is 0 Å². The zero-order chi connectivity index (χ0) is 13.2. The average molecular weight is 246 g/mol. The minimum Gasteiger partial charge on any atom is -0.372 e. The molecule has 2 rings (SSSR count). The van der Waals surface area contributed by atoms with Crippen LogP contribution in [0, 0.1) is 5.41 Å². The lowest BCUT2D eigenvalue weighted by Crippen LogP contribution is -2.25. The quantitative estimate of drug-likeness (QED) is 0.861. The average Bonchev–Trinajstić information content (AvgIpc) is 2.50. The minimum atomic E-state index is 0.127. The Bertz CT molecular complexity index is 379. The summed E-state index contributed by atoms with van der Waals surface area (Å²) in [6.07, 6.45) is 3.91. The number of benzene rings is 1. The van der Waals surface area contributed by atoms with Crippen LogP contribution in [0.2, 0.25) is 0 Å². The second kappa shape index (κ2) is 5.31. The molecule has 18 heavy (non-hydrogen) atoms. The molecule has 1 saturated heterocycles. The van der Waals surface area contributed by atoms with Crippen molar-refractivity contribution >= 4 is 5.69 Å². The van der Waals surface area contributed by atoms with Crippen molar-refractivity contribution < 1.29 is 0 Å². The number of hydrogen-bond acceptors (Lipinski definition) is 2. The van der Waals surface area contributed by atoms with Crippen LogP contribution >= 0.6 is 0 Å². The van der Waals surface area contributed by atoms with Gasteiger partial charge in [-0.05, 0) is 49.3 Å². The van der Waals surface area contributed by atoms with Gasteiger partial charge in [-0.25, -0.2) is 0 Å². The van der Waals surface area contributed by atoms with Gasteiger partial charge in [0.2, 0.25) is 0 Å². The molecule has 1 fully saturated rings. The summed E-state index contributed by atoms with van der Waals surface area (Å²) in [4.78, 5) is 2.51. The Balaban J connectivity index is 2.07. The Morgan fingerprint density at radius 3 is 2.39 bits per heavy atom. The molecule has 2 heteroatoms. The van der Waals surface area contributed by atoms with Crippen LogP contribution in [0.1, 0.15) is 51.6 Å². The molecule has 1 aromatic carbocycles. The van der Waals surface area contributed by atoms with Crippen molar-refractivity contribution in [2.24, 2.45) is 11.1 Å². The fourth-order valence-electron chi connectivity index (χ4n) is 2.67. The zero-order valence-electron chi connectivity index (χ0n) is 11.9.